The normalized spacial score (nSPS) is 15.2. The first-order valence-corrected chi connectivity index (χ1v) is 11.2. The van der Waals surface area contributed by atoms with E-state index < -0.39 is 23.2 Å². The van der Waals surface area contributed by atoms with Crippen LogP contribution < -0.4 is 28.1 Å². The predicted molar refractivity (Wildman–Crippen MR) is 97.3 cm³/mol. The van der Waals surface area contributed by atoms with Crippen LogP contribution in [-0.4, -0.2) is 0 Å². The van der Waals surface area contributed by atoms with E-state index in [9.17, 15) is 0 Å². The van der Waals surface area contributed by atoms with Crippen LogP contribution in [0.2, 0.25) is 0 Å². The van der Waals surface area contributed by atoms with E-state index in [1.165, 1.54) is 22.3 Å². The Labute approximate surface area is 179 Å². The van der Waals surface area contributed by atoms with E-state index in [-0.39, 0.29) is 24.8 Å². The Morgan fingerprint density at radius 1 is 0.808 bits per heavy atom. The molecule has 3 aromatic carbocycles. The maximum Gasteiger partial charge on any atom is -1.00 e. The Morgan fingerprint density at radius 3 is 2.38 bits per heavy atom. The number of halogens is 2. The molecular formula is C23H18Cl2Zr. The monoisotopic (exact) mass is 454 g/mol. The molecule has 0 fully saturated rings. The van der Waals surface area contributed by atoms with Gasteiger partial charge in [-0.1, -0.05) is 0 Å². The van der Waals surface area contributed by atoms with Crippen LogP contribution in [0.1, 0.15) is 31.4 Å². The van der Waals surface area contributed by atoms with Gasteiger partial charge in [0.25, 0.3) is 0 Å². The Morgan fingerprint density at radius 2 is 1.54 bits per heavy atom. The summed E-state index contributed by atoms with van der Waals surface area (Å²) in [5, 5.41) is 0. The van der Waals surface area contributed by atoms with Gasteiger partial charge >= 0.3 is 155 Å². The molecule has 0 saturated carbocycles. The van der Waals surface area contributed by atoms with Gasteiger partial charge in [-0.25, -0.2) is 0 Å². The average molecular weight is 457 g/mol. The van der Waals surface area contributed by atoms with Crippen molar-refractivity contribution in [2.75, 3.05) is 0 Å². The maximum absolute atomic E-state index is 2.45. The molecule has 0 aromatic heterocycles. The standard InChI is InChI=1S/C14H11.C9H7.2ClH.Zr/c1-10-5-4-8-13-12-7-3-2-6-11(12)9-14(10)13;1-2-5-9-7-3-6-8(9)4-1;;;/h2-5,7-8H,9H2,1H3;1-7H;2*1H;/q;;;;+2/p-2. The number of hydrogen-bond donors (Lipinski definition) is 0. The van der Waals surface area contributed by atoms with Crippen molar-refractivity contribution in [2.45, 2.75) is 17.0 Å². The van der Waals surface area contributed by atoms with Gasteiger partial charge in [0.1, 0.15) is 0 Å². The van der Waals surface area contributed by atoms with Gasteiger partial charge in [-0.15, -0.1) is 0 Å². The first-order valence-electron chi connectivity index (χ1n) is 8.56. The Hall–Kier alpha value is -1.14. The van der Waals surface area contributed by atoms with Crippen molar-refractivity contribution in [1.29, 1.82) is 0 Å². The second kappa shape index (κ2) is 7.85. The molecule has 0 saturated heterocycles. The van der Waals surface area contributed by atoms with Crippen molar-refractivity contribution in [2.24, 2.45) is 0 Å². The summed E-state index contributed by atoms with van der Waals surface area (Å²) in [5.41, 5.74) is 10.5. The number of benzene rings is 3. The van der Waals surface area contributed by atoms with Crippen molar-refractivity contribution in [3.8, 4) is 11.1 Å². The largest absolute Gasteiger partial charge is 1.00 e. The molecule has 128 valence electrons. The smallest absolute Gasteiger partial charge is 1.00 e. The Bertz CT molecular complexity index is 991. The van der Waals surface area contributed by atoms with Crippen LogP contribution in [0.3, 0.4) is 0 Å². The van der Waals surface area contributed by atoms with Gasteiger partial charge in [-0.3, -0.25) is 0 Å². The third-order valence-corrected chi connectivity index (χ3v) is 9.26. The van der Waals surface area contributed by atoms with Crippen LogP contribution in [0, 0.1) is 6.92 Å². The number of fused-ring (bicyclic) bond motifs is 4. The number of aryl methyl sites for hydroxylation is 1. The van der Waals surface area contributed by atoms with Crippen molar-refractivity contribution in [3.05, 3.63) is 94.6 Å². The molecule has 3 heteroatoms. The molecular weight excluding hydrogens is 438 g/mol. The number of allylic oxidation sites excluding steroid dienone is 1. The summed E-state index contributed by atoms with van der Waals surface area (Å²) < 4.78 is 2.36. The van der Waals surface area contributed by atoms with Gasteiger partial charge in [0, 0.05) is 0 Å². The molecule has 0 radical (unpaired) electrons. The third-order valence-electron chi connectivity index (χ3n) is 5.34. The predicted octanol–water partition coefficient (Wildman–Crippen LogP) is -0.950. The van der Waals surface area contributed by atoms with Crippen molar-refractivity contribution in [3.63, 3.8) is 0 Å². The zero-order chi connectivity index (χ0) is 16.1. The van der Waals surface area contributed by atoms with Gasteiger partial charge in [-0.2, -0.15) is 0 Å². The van der Waals surface area contributed by atoms with Crippen molar-refractivity contribution >= 4 is 9.35 Å². The van der Waals surface area contributed by atoms with Crippen LogP contribution in [0.15, 0.2) is 66.7 Å². The van der Waals surface area contributed by atoms with Gasteiger partial charge in [0.05, 0.1) is 0 Å². The molecule has 1 unspecified atom stereocenters. The van der Waals surface area contributed by atoms with E-state index >= 15 is 0 Å². The van der Waals surface area contributed by atoms with Crippen LogP contribution in [0.4, 0.5) is 0 Å². The second-order valence-electron chi connectivity index (χ2n) is 6.72. The van der Waals surface area contributed by atoms with Gasteiger partial charge in [0.2, 0.25) is 0 Å². The summed E-state index contributed by atoms with van der Waals surface area (Å²) in [5.74, 6) is 0. The minimum absolute atomic E-state index is 0. The topological polar surface area (TPSA) is 0 Å². The van der Waals surface area contributed by atoms with E-state index in [0.717, 1.165) is 6.42 Å². The molecule has 26 heavy (non-hydrogen) atoms. The van der Waals surface area contributed by atoms with E-state index in [4.69, 9.17) is 0 Å². The van der Waals surface area contributed by atoms with E-state index in [2.05, 4.69) is 79.7 Å². The summed E-state index contributed by atoms with van der Waals surface area (Å²) in [7, 11) is 0. The summed E-state index contributed by atoms with van der Waals surface area (Å²) in [6.45, 7) is 2.25. The number of hydrogen-bond acceptors (Lipinski definition) is 0. The summed E-state index contributed by atoms with van der Waals surface area (Å²) >= 11 is -0.711. The molecule has 2 aliphatic rings. The van der Waals surface area contributed by atoms with Crippen LogP contribution >= 0.6 is 0 Å². The molecule has 0 heterocycles. The molecule has 5 rings (SSSR count). The molecule has 0 spiro atoms. The molecule has 0 bridgehead atoms. The fourth-order valence-electron chi connectivity index (χ4n) is 4.07. The molecule has 0 N–H and O–H groups in total. The van der Waals surface area contributed by atoms with Crippen LogP contribution in [0.5, 0.6) is 0 Å². The minimum atomic E-state index is -0.711. The maximum atomic E-state index is 2.45. The quantitative estimate of drug-likeness (QED) is 0.365. The molecule has 2 aliphatic carbocycles. The van der Waals surface area contributed by atoms with Crippen molar-refractivity contribution in [1.82, 2.24) is 0 Å². The van der Waals surface area contributed by atoms with Gasteiger partial charge < -0.3 is 24.8 Å². The van der Waals surface area contributed by atoms with E-state index in [1.807, 2.05) is 0 Å². The minimum Gasteiger partial charge on any atom is -1.00 e. The zero-order valence-electron chi connectivity index (χ0n) is 14.5. The summed E-state index contributed by atoms with van der Waals surface area (Å²) in [4.78, 5) is 0. The molecule has 0 aliphatic heterocycles. The zero-order valence-corrected chi connectivity index (χ0v) is 18.4. The molecule has 0 amide bonds. The first-order chi connectivity index (χ1) is 11.8. The fourth-order valence-corrected chi connectivity index (χ4v) is 7.85. The number of rotatable bonds is 2. The van der Waals surface area contributed by atoms with E-state index in [1.54, 1.807) is 20.0 Å². The van der Waals surface area contributed by atoms with E-state index in [0.29, 0.717) is 3.63 Å². The SMILES string of the molecule is Cc1cccc2c1Cc1[c]([Zr+2][CH]3C=Cc4ccccc43)cccc1-2.[Cl-].[Cl-]. The Balaban J connectivity index is 0.000000980. The molecule has 0 nitrogen and oxygen atoms in total. The summed E-state index contributed by atoms with van der Waals surface area (Å²) in [6.07, 6.45) is 5.90. The van der Waals surface area contributed by atoms with Crippen LogP contribution in [0.25, 0.3) is 17.2 Å². The second-order valence-corrected chi connectivity index (χ2v) is 10.3. The molecule has 3 aromatic rings. The van der Waals surface area contributed by atoms with Crippen LogP contribution in [-0.2, 0) is 29.7 Å². The molecule has 1 atom stereocenters. The third kappa shape index (κ3) is 3.15. The Kier molecular flexibility index (Phi) is 5.92. The van der Waals surface area contributed by atoms with Gasteiger partial charge in [0.15, 0.2) is 0 Å². The first kappa shape index (κ1) is 19.6. The fraction of sp³-hybridized carbons (Fsp3) is 0.130. The summed E-state index contributed by atoms with van der Waals surface area (Å²) in [6, 6.07) is 22.7. The average Bonchev–Trinajstić information content (AvgIpc) is 3.19. The van der Waals surface area contributed by atoms with Gasteiger partial charge in [-0.05, 0) is 0 Å². The van der Waals surface area contributed by atoms with Crippen molar-refractivity contribution < 1.29 is 48.0 Å².